The third-order valence-electron chi connectivity index (χ3n) is 2.87. The molecule has 1 amide bonds. The summed E-state index contributed by atoms with van der Waals surface area (Å²) in [6, 6.07) is 5.73. The maximum absolute atomic E-state index is 11.4. The van der Waals surface area contributed by atoms with Crippen LogP contribution in [0.2, 0.25) is 0 Å². The highest BCUT2D eigenvalue weighted by Crippen LogP contribution is 2.32. The van der Waals surface area contributed by atoms with Crippen LogP contribution >= 0.6 is 0 Å². The van der Waals surface area contributed by atoms with E-state index in [4.69, 9.17) is 9.47 Å². The molecule has 4 nitrogen and oxygen atoms in total. The molecule has 0 aromatic heterocycles. The van der Waals surface area contributed by atoms with E-state index in [1.54, 1.807) is 6.08 Å². The molecule has 0 fully saturated rings. The molecule has 0 atom stereocenters. The summed E-state index contributed by atoms with van der Waals surface area (Å²) in [5, 5.41) is 2.82. The van der Waals surface area contributed by atoms with Gasteiger partial charge in [-0.2, -0.15) is 0 Å². The molecular formula is C16H19NO3. The number of benzene rings is 1. The van der Waals surface area contributed by atoms with Crippen LogP contribution in [0.25, 0.3) is 6.08 Å². The van der Waals surface area contributed by atoms with Gasteiger partial charge in [-0.15, -0.1) is 0 Å². The predicted octanol–water partition coefficient (Wildman–Crippen LogP) is 2.90. The summed E-state index contributed by atoms with van der Waals surface area (Å²) >= 11 is 0. The predicted molar refractivity (Wildman–Crippen MR) is 78.7 cm³/mol. The molecule has 1 aromatic rings. The summed E-state index contributed by atoms with van der Waals surface area (Å²) in [4.78, 5) is 11.4. The van der Waals surface area contributed by atoms with Crippen LogP contribution in [0.1, 0.15) is 25.3 Å². The van der Waals surface area contributed by atoms with Crippen molar-refractivity contribution in [1.29, 1.82) is 0 Å². The molecule has 1 aromatic carbocycles. The van der Waals surface area contributed by atoms with E-state index >= 15 is 0 Å². The molecule has 0 saturated carbocycles. The maximum atomic E-state index is 11.4. The Kier molecular flexibility index (Phi) is 5.24. The van der Waals surface area contributed by atoms with Gasteiger partial charge in [-0.25, -0.2) is 0 Å². The van der Waals surface area contributed by atoms with Crippen LogP contribution in [0.4, 0.5) is 0 Å². The van der Waals surface area contributed by atoms with Gasteiger partial charge >= 0.3 is 0 Å². The first-order valence-corrected chi connectivity index (χ1v) is 6.82. The zero-order valence-electron chi connectivity index (χ0n) is 11.6. The third kappa shape index (κ3) is 4.16. The SMILES string of the molecule is CCCCNC(=O)/C=C/C=C/c1ccc2c(c1)OCO2. The van der Waals surface area contributed by atoms with E-state index in [0.717, 1.165) is 36.4 Å². The van der Waals surface area contributed by atoms with Crippen molar-refractivity contribution in [1.82, 2.24) is 5.32 Å². The summed E-state index contributed by atoms with van der Waals surface area (Å²) in [6.45, 7) is 3.10. The van der Waals surface area contributed by atoms with Crippen LogP contribution in [0.5, 0.6) is 11.5 Å². The Hall–Kier alpha value is -2.23. The fourth-order valence-corrected chi connectivity index (χ4v) is 1.77. The quantitative estimate of drug-likeness (QED) is 0.492. The highest BCUT2D eigenvalue weighted by atomic mass is 16.7. The van der Waals surface area contributed by atoms with Crippen molar-refractivity contribution in [3.8, 4) is 11.5 Å². The van der Waals surface area contributed by atoms with E-state index in [1.165, 1.54) is 6.08 Å². The number of hydrogen-bond donors (Lipinski definition) is 1. The van der Waals surface area contributed by atoms with Crippen LogP contribution < -0.4 is 14.8 Å². The van der Waals surface area contributed by atoms with E-state index in [0.29, 0.717) is 0 Å². The number of hydrogen-bond acceptors (Lipinski definition) is 3. The standard InChI is InChI=1S/C16H19NO3/c1-2-3-10-17-16(18)7-5-4-6-13-8-9-14-15(11-13)20-12-19-14/h4-9,11H,2-3,10,12H2,1H3,(H,17,18)/b6-4+,7-5+. The Morgan fingerprint density at radius 2 is 2.15 bits per heavy atom. The van der Waals surface area contributed by atoms with Crippen molar-refractivity contribution in [3.05, 3.63) is 42.0 Å². The van der Waals surface area contributed by atoms with Gasteiger partial charge in [-0.05, 0) is 24.1 Å². The lowest BCUT2D eigenvalue weighted by Gasteiger charge is -1.98. The average Bonchev–Trinajstić information content (AvgIpc) is 2.91. The molecule has 106 valence electrons. The second kappa shape index (κ2) is 7.38. The van der Waals surface area contributed by atoms with Crippen LogP contribution in [0, 0.1) is 0 Å². The van der Waals surface area contributed by atoms with Crippen molar-refractivity contribution in [2.75, 3.05) is 13.3 Å². The smallest absolute Gasteiger partial charge is 0.243 e. The van der Waals surface area contributed by atoms with Gasteiger partial charge in [0.25, 0.3) is 0 Å². The molecule has 20 heavy (non-hydrogen) atoms. The van der Waals surface area contributed by atoms with Gasteiger partial charge in [0.2, 0.25) is 12.7 Å². The highest BCUT2D eigenvalue weighted by molar-refractivity contribution is 5.87. The highest BCUT2D eigenvalue weighted by Gasteiger charge is 2.11. The molecule has 0 radical (unpaired) electrons. The molecule has 1 aliphatic heterocycles. The zero-order valence-corrected chi connectivity index (χ0v) is 11.6. The van der Waals surface area contributed by atoms with Crippen molar-refractivity contribution in [3.63, 3.8) is 0 Å². The van der Waals surface area contributed by atoms with Gasteiger partial charge in [-0.3, -0.25) is 4.79 Å². The monoisotopic (exact) mass is 273 g/mol. The second-order valence-electron chi connectivity index (χ2n) is 4.48. The van der Waals surface area contributed by atoms with Crippen molar-refractivity contribution < 1.29 is 14.3 Å². The number of unbranched alkanes of at least 4 members (excludes halogenated alkanes) is 1. The maximum Gasteiger partial charge on any atom is 0.243 e. The normalized spacial score (nSPS) is 13.2. The third-order valence-corrected chi connectivity index (χ3v) is 2.87. The van der Waals surface area contributed by atoms with Gasteiger partial charge in [-0.1, -0.05) is 37.6 Å². The van der Waals surface area contributed by atoms with Crippen LogP contribution in [0.3, 0.4) is 0 Å². The van der Waals surface area contributed by atoms with E-state index in [9.17, 15) is 4.79 Å². The molecule has 1 heterocycles. The number of rotatable bonds is 6. The van der Waals surface area contributed by atoms with E-state index in [-0.39, 0.29) is 12.7 Å². The van der Waals surface area contributed by atoms with Crippen LogP contribution in [-0.2, 0) is 4.79 Å². The number of ether oxygens (including phenoxy) is 2. The molecule has 0 saturated heterocycles. The Labute approximate surface area is 119 Å². The lowest BCUT2D eigenvalue weighted by Crippen LogP contribution is -2.21. The summed E-state index contributed by atoms with van der Waals surface area (Å²) in [7, 11) is 0. The van der Waals surface area contributed by atoms with Gasteiger partial charge in [0.15, 0.2) is 11.5 Å². The average molecular weight is 273 g/mol. The molecule has 4 heteroatoms. The largest absolute Gasteiger partial charge is 0.454 e. The minimum atomic E-state index is -0.0613. The minimum absolute atomic E-state index is 0.0613. The zero-order chi connectivity index (χ0) is 14.2. The van der Waals surface area contributed by atoms with E-state index < -0.39 is 0 Å². The molecule has 0 bridgehead atoms. The Bertz CT molecular complexity index is 520. The molecule has 0 spiro atoms. The molecule has 1 aliphatic rings. The second-order valence-corrected chi connectivity index (χ2v) is 4.48. The summed E-state index contributed by atoms with van der Waals surface area (Å²) < 4.78 is 10.5. The molecule has 1 N–H and O–H groups in total. The van der Waals surface area contributed by atoms with E-state index in [1.807, 2.05) is 30.4 Å². The Balaban J connectivity index is 1.82. The van der Waals surface area contributed by atoms with Crippen molar-refractivity contribution >= 4 is 12.0 Å². The Morgan fingerprint density at radius 3 is 3.00 bits per heavy atom. The fraction of sp³-hybridized carbons (Fsp3) is 0.312. The fourth-order valence-electron chi connectivity index (χ4n) is 1.77. The lowest BCUT2D eigenvalue weighted by atomic mass is 10.2. The van der Waals surface area contributed by atoms with Gasteiger partial charge in [0, 0.05) is 12.6 Å². The number of allylic oxidation sites excluding steroid dienone is 2. The number of fused-ring (bicyclic) bond motifs is 1. The number of carbonyl (C=O) groups excluding carboxylic acids is 1. The number of carbonyl (C=O) groups is 1. The minimum Gasteiger partial charge on any atom is -0.454 e. The van der Waals surface area contributed by atoms with Crippen LogP contribution in [0.15, 0.2) is 36.4 Å². The van der Waals surface area contributed by atoms with E-state index in [2.05, 4.69) is 12.2 Å². The summed E-state index contributed by atoms with van der Waals surface area (Å²) in [6.07, 6.45) is 9.08. The number of amides is 1. The molecule has 0 unspecified atom stereocenters. The molecule has 0 aliphatic carbocycles. The molecule has 2 rings (SSSR count). The summed E-state index contributed by atoms with van der Waals surface area (Å²) in [5.41, 5.74) is 1.00. The van der Waals surface area contributed by atoms with Gasteiger partial charge < -0.3 is 14.8 Å². The number of nitrogens with one attached hydrogen (secondary N) is 1. The first-order valence-electron chi connectivity index (χ1n) is 6.82. The molecular weight excluding hydrogens is 254 g/mol. The van der Waals surface area contributed by atoms with Crippen molar-refractivity contribution in [2.45, 2.75) is 19.8 Å². The topological polar surface area (TPSA) is 47.6 Å². The van der Waals surface area contributed by atoms with Crippen molar-refractivity contribution in [2.24, 2.45) is 0 Å². The first-order chi connectivity index (χ1) is 9.79. The lowest BCUT2D eigenvalue weighted by molar-refractivity contribution is -0.116. The first kappa shape index (κ1) is 14.2. The van der Waals surface area contributed by atoms with Crippen LogP contribution in [-0.4, -0.2) is 19.2 Å². The van der Waals surface area contributed by atoms with Gasteiger partial charge in [0.05, 0.1) is 0 Å². The summed E-state index contributed by atoms with van der Waals surface area (Å²) in [5.74, 6) is 1.47. The van der Waals surface area contributed by atoms with Gasteiger partial charge in [0.1, 0.15) is 0 Å². The Morgan fingerprint density at radius 1 is 1.30 bits per heavy atom.